The average molecular weight is 207 g/mol. The monoisotopic (exact) mass is 207 g/mol. The number of rotatable bonds is 2. The van der Waals surface area contributed by atoms with Crippen LogP contribution in [-0.2, 0) is 6.54 Å². The number of nitrogens with one attached hydrogen (secondary N) is 1. The van der Waals surface area contributed by atoms with Crippen molar-refractivity contribution in [1.29, 1.82) is 5.26 Å². The molecule has 6 heteroatoms. The smallest absolute Gasteiger partial charge is 0.183 e. The van der Waals surface area contributed by atoms with Gasteiger partial charge in [0.15, 0.2) is 11.4 Å². The lowest BCUT2D eigenvalue weighted by atomic mass is 10.4. The van der Waals surface area contributed by atoms with Crippen molar-refractivity contribution in [3.63, 3.8) is 0 Å². The minimum Gasteiger partial charge on any atom is -0.272 e. The van der Waals surface area contributed by atoms with Crippen molar-refractivity contribution in [3.05, 3.63) is 24.3 Å². The van der Waals surface area contributed by atoms with E-state index >= 15 is 0 Å². The molecule has 0 unspecified atom stereocenters. The largest absolute Gasteiger partial charge is 0.272 e. The number of hydrogen-bond donors (Lipinski definition) is 1. The summed E-state index contributed by atoms with van der Waals surface area (Å²) in [6, 6.07) is 1.79. The predicted octanol–water partition coefficient (Wildman–Crippen LogP) is 0.766. The van der Waals surface area contributed by atoms with Gasteiger partial charge in [0.1, 0.15) is 6.33 Å². The number of nitrogens with zero attached hydrogens (tertiary/aromatic N) is 4. The zero-order valence-corrected chi connectivity index (χ0v) is 8.45. The van der Waals surface area contributed by atoms with Gasteiger partial charge in [-0.1, -0.05) is 11.8 Å². The predicted molar refractivity (Wildman–Crippen MR) is 55.4 cm³/mol. The van der Waals surface area contributed by atoms with Crippen molar-refractivity contribution in [2.45, 2.75) is 6.54 Å². The summed E-state index contributed by atoms with van der Waals surface area (Å²) in [4.78, 5) is 12.0. The quantitative estimate of drug-likeness (QED) is 0.335. The lowest BCUT2D eigenvalue weighted by Gasteiger charge is -1.98. The molecule has 72 valence electrons. The Balaban J connectivity index is 2.58. The Morgan fingerprint density at radius 1 is 1.79 bits per heavy atom. The van der Waals surface area contributed by atoms with Crippen LogP contribution in [0.4, 0.5) is 0 Å². The topological polar surface area (TPSA) is 74.0 Å². The second kappa shape index (κ2) is 5.94. The van der Waals surface area contributed by atoms with E-state index in [0.29, 0.717) is 11.7 Å². The van der Waals surface area contributed by atoms with Crippen molar-refractivity contribution in [2.75, 3.05) is 6.26 Å². The van der Waals surface area contributed by atoms with Gasteiger partial charge in [-0.2, -0.15) is 5.26 Å². The van der Waals surface area contributed by atoms with Crippen LogP contribution in [0.2, 0.25) is 0 Å². The molecule has 14 heavy (non-hydrogen) atoms. The van der Waals surface area contributed by atoms with Crippen LogP contribution in [0.15, 0.2) is 23.6 Å². The molecule has 1 aromatic rings. The third-order valence-corrected chi connectivity index (χ3v) is 2.00. The first kappa shape index (κ1) is 10.5. The molecule has 0 spiro atoms. The highest BCUT2D eigenvalue weighted by Gasteiger charge is 1.95. The fourth-order valence-electron chi connectivity index (χ4n) is 0.767. The Labute approximate surface area is 86.3 Å². The first-order chi connectivity index (χ1) is 6.86. The summed E-state index contributed by atoms with van der Waals surface area (Å²) in [5.74, 6) is 0. The minimum absolute atomic E-state index is 0.452. The van der Waals surface area contributed by atoms with Crippen LogP contribution in [0.1, 0.15) is 5.69 Å². The van der Waals surface area contributed by atoms with E-state index in [-0.39, 0.29) is 0 Å². The van der Waals surface area contributed by atoms with E-state index in [1.165, 1.54) is 18.1 Å². The summed E-state index contributed by atoms with van der Waals surface area (Å²) in [5.41, 5.74) is 0.825. The highest BCUT2D eigenvalue weighted by Crippen LogP contribution is 1.99. The maximum Gasteiger partial charge on any atom is 0.183 e. The highest BCUT2D eigenvalue weighted by atomic mass is 32.2. The molecule has 0 aliphatic carbocycles. The molecule has 1 aromatic heterocycles. The number of aromatic nitrogens is 2. The maximum absolute atomic E-state index is 8.38. The fourth-order valence-corrected chi connectivity index (χ4v) is 1.11. The molecule has 0 bridgehead atoms. The molecule has 5 nitrogen and oxygen atoms in total. The van der Waals surface area contributed by atoms with Crippen molar-refractivity contribution < 1.29 is 0 Å². The number of nitriles is 1. The number of amidine groups is 1. The van der Waals surface area contributed by atoms with Crippen molar-refractivity contribution in [2.24, 2.45) is 4.99 Å². The number of hydrogen-bond acceptors (Lipinski definition) is 5. The van der Waals surface area contributed by atoms with E-state index in [9.17, 15) is 0 Å². The van der Waals surface area contributed by atoms with E-state index in [2.05, 4.69) is 20.3 Å². The normalized spacial score (nSPS) is 10.7. The van der Waals surface area contributed by atoms with Gasteiger partial charge >= 0.3 is 0 Å². The summed E-state index contributed by atoms with van der Waals surface area (Å²) in [6.45, 7) is 0.452. The number of thioether (sulfide) groups is 1. The molecule has 1 N–H and O–H groups in total. The van der Waals surface area contributed by atoms with Gasteiger partial charge in [0.2, 0.25) is 0 Å². The summed E-state index contributed by atoms with van der Waals surface area (Å²) < 4.78 is 0. The molecule has 0 atom stereocenters. The average Bonchev–Trinajstić information content (AvgIpc) is 2.25. The van der Waals surface area contributed by atoms with E-state index in [1.54, 1.807) is 12.3 Å². The first-order valence-electron chi connectivity index (χ1n) is 3.85. The van der Waals surface area contributed by atoms with Gasteiger partial charge in [0.25, 0.3) is 0 Å². The number of aliphatic imine (C=N–C) groups is 1. The summed E-state index contributed by atoms with van der Waals surface area (Å²) in [7, 11) is 0. The van der Waals surface area contributed by atoms with Crippen LogP contribution in [-0.4, -0.2) is 21.4 Å². The molecule has 0 aliphatic heterocycles. The second-order valence-electron chi connectivity index (χ2n) is 2.26. The van der Waals surface area contributed by atoms with Crippen LogP contribution in [0.25, 0.3) is 0 Å². The van der Waals surface area contributed by atoms with Crippen LogP contribution in [0, 0.1) is 11.5 Å². The van der Waals surface area contributed by atoms with Gasteiger partial charge in [-0.3, -0.25) is 10.3 Å². The Kier molecular flexibility index (Phi) is 4.44. The van der Waals surface area contributed by atoms with Gasteiger partial charge in [-0.25, -0.2) is 9.97 Å². The van der Waals surface area contributed by atoms with E-state index in [1.807, 2.05) is 12.4 Å². The standard InChI is InChI=1S/C8H9N5S/c1-14-8(12-5-9)11-4-7-2-3-10-6-13-7/h2-3,6H,4H2,1H3,(H,11,12). The van der Waals surface area contributed by atoms with Crippen molar-refractivity contribution >= 4 is 16.9 Å². The Hall–Kier alpha value is -1.61. The van der Waals surface area contributed by atoms with Crippen molar-refractivity contribution in [3.8, 4) is 6.19 Å². The van der Waals surface area contributed by atoms with Gasteiger partial charge < -0.3 is 0 Å². The molecular weight excluding hydrogens is 198 g/mol. The van der Waals surface area contributed by atoms with E-state index in [4.69, 9.17) is 5.26 Å². The van der Waals surface area contributed by atoms with Gasteiger partial charge in [-0.15, -0.1) is 0 Å². The van der Waals surface area contributed by atoms with E-state index < -0.39 is 0 Å². The third kappa shape index (κ3) is 3.41. The molecule has 0 radical (unpaired) electrons. The van der Waals surface area contributed by atoms with E-state index in [0.717, 1.165) is 5.69 Å². The zero-order valence-electron chi connectivity index (χ0n) is 7.64. The molecule has 1 rings (SSSR count). The molecule has 0 amide bonds. The first-order valence-corrected chi connectivity index (χ1v) is 5.07. The lowest BCUT2D eigenvalue weighted by molar-refractivity contribution is 0.960. The summed E-state index contributed by atoms with van der Waals surface area (Å²) in [6.07, 6.45) is 6.81. The van der Waals surface area contributed by atoms with Crippen molar-refractivity contribution in [1.82, 2.24) is 15.3 Å². The summed E-state index contributed by atoms with van der Waals surface area (Å²) in [5, 5.41) is 11.5. The Morgan fingerprint density at radius 2 is 2.64 bits per heavy atom. The van der Waals surface area contributed by atoms with Gasteiger partial charge in [-0.05, 0) is 12.3 Å². The van der Waals surface area contributed by atoms with Gasteiger partial charge in [0.05, 0.1) is 12.2 Å². The van der Waals surface area contributed by atoms with Gasteiger partial charge in [0, 0.05) is 6.20 Å². The molecule has 1 heterocycles. The van der Waals surface area contributed by atoms with Crippen LogP contribution in [0.3, 0.4) is 0 Å². The minimum atomic E-state index is 0.452. The molecule has 0 aromatic carbocycles. The second-order valence-corrected chi connectivity index (χ2v) is 3.06. The molecular formula is C8H9N5S. The Bertz CT molecular complexity index is 342. The summed E-state index contributed by atoms with van der Waals surface area (Å²) >= 11 is 1.39. The fraction of sp³-hybridized carbons (Fsp3) is 0.250. The van der Waals surface area contributed by atoms with Crippen LogP contribution >= 0.6 is 11.8 Å². The highest BCUT2D eigenvalue weighted by molar-refractivity contribution is 8.13. The molecule has 0 fully saturated rings. The molecule has 0 saturated carbocycles. The Morgan fingerprint density at radius 3 is 3.21 bits per heavy atom. The van der Waals surface area contributed by atoms with Crippen LogP contribution < -0.4 is 5.32 Å². The maximum atomic E-state index is 8.38. The third-order valence-electron chi connectivity index (χ3n) is 1.38. The zero-order chi connectivity index (χ0) is 10.2. The van der Waals surface area contributed by atoms with Crippen LogP contribution in [0.5, 0.6) is 0 Å². The molecule has 0 saturated heterocycles. The molecule has 0 aliphatic rings. The lowest BCUT2D eigenvalue weighted by Crippen LogP contribution is -2.13. The SMILES string of the molecule is CSC(=NCc1ccncn1)NC#N.